The molecule has 1 aliphatic rings. The molecule has 2 aromatic rings. The van der Waals surface area contributed by atoms with E-state index in [1.54, 1.807) is 11.0 Å². The van der Waals surface area contributed by atoms with Gasteiger partial charge in [-0.2, -0.15) is 0 Å². The number of nitrogens with zero attached hydrogens (tertiary/aromatic N) is 1. The summed E-state index contributed by atoms with van der Waals surface area (Å²) in [6, 6.07) is 13.0. The first kappa shape index (κ1) is 25.4. The zero-order valence-electron chi connectivity index (χ0n) is 18.0. The summed E-state index contributed by atoms with van der Waals surface area (Å²) in [6.07, 6.45) is 4.31. The number of carbonyl (C=O) groups excluding carboxylic acids is 2. The van der Waals surface area contributed by atoms with Crippen LogP contribution in [0.4, 0.5) is 0 Å². The second-order valence-electron chi connectivity index (χ2n) is 8.06. The van der Waals surface area contributed by atoms with Gasteiger partial charge in [-0.1, -0.05) is 70.2 Å². The van der Waals surface area contributed by atoms with Crippen LogP contribution >= 0.6 is 50.9 Å². The van der Waals surface area contributed by atoms with E-state index in [9.17, 15) is 9.59 Å². The minimum Gasteiger partial charge on any atom is -0.352 e. The number of nitrogens with one attached hydrogen (secondary N) is 1. The third-order valence-corrected chi connectivity index (χ3v) is 7.81. The Morgan fingerprint density at radius 3 is 2.56 bits per heavy atom. The zero-order valence-corrected chi connectivity index (χ0v) is 21.9. The van der Waals surface area contributed by atoms with Gasteiger partial charge in [-0.05, 0) is 55.2 Å². The molecule has 1 saturated carbocycles. The summed E-state index contributed by atoms with van der Waals surface area (Å²) in [5.74, 6) is 0.754. The van der Waals surface area contributed by atoms with E-state index in [1.165, 1.54) is 11.8 Å². The second-order valence-corrected chi connectivity index (χ2v) is 10.8. The lowest BCUT2D eigenvalue weighted by atomic mass is 10.1. The smallest absolute Gasteiger partial charge is 0.242 e. The quantitative estimate of drug-likeness (QED) is 0.384. The van der Waals surface area contributed by atoms with E-state index < -0.39 is 6.04 Å². The monoisotopic (exact) mass is 556 g/mol. The number of hydrogen-bond acceptors (Lipinski definition) is 3. The standard InChI is InChI=1S/C24H27BrCl2N2O2S/c1-16(24(31)28-20-7-2-3-8-20)29(13-17-5-4-6-19(25)11-17)23(30)15-32-14-18-9-10-21(26)22(27)12-18/h4-6,9-12,16,20H,2-3,7-8,13-15H2,1H3,(H,28,31)/t16-/m1/s1. The fourth-order valence-electron chi connectivity index (χ4n) is 3.78. The van der Waals surface area contributed by atoms with Crippen molar-refractivity contribution in [1.82, 2.24) is 10.2 Å². The summed E-state index contributed by atoms with van der Waals surface area (Å²) in [5.41, 5.74) is 1.98. The summed E-state index contributed by atoms with van der Waals surface area (Å²) >= 11 is 17.1. The van der Waals surface area contributed by atoms with Crippen molar-refractivity contribution >= 4 is 62.7 Å². The molecule has 0 spiro atoms. The average Bonchev–Trinajstić information content (AvgIpc) is 3.27. The molecular formula is C24H27BrCl2N2O2S. The Kier molecular flexibility index (Phi) is 9.77. The first-order chi connectivity index (χ1) is 15.3. The summed E-state index contributed by atoms with van der Waals surface area (Å²) < 4.78 is 0.944. The van der Waals surface area contributed by atoms with Crippen LogP contribution in [0.5, 0.6) is 0 Å². The van der Waals surface area contributed by atoms with Crippen molar-refractivity contribution in [3.63, 3.8) is 0 Å². The SMILES string of the molecule is C[C@H](C(=O)NC1CCCC1)N(Cc1cccc(Br)c1)C(=O)CSCc1ccc(Cl)c(Cl)c1. The predicted octanol–water partition coefficient (Wildman–Crippen LogP) is 6.47. The fraction of sp³-hybridized carbons (Fsp3) is 0.417. The first-order valence-corrected chi connectivity index (χ1v) is 13.4. The molecule has 0 radical (unpaired) electrons. The van der Waals surface area contributed by atoms with Gasteiger partial charge in [0.15, 0.2) is 0 Å². The highest BCUT2D eigenvalue weighted by atomic mass is 79.9. The molecule has 0 aromatic heterocycles. The van der Waals surface area contributed by atoms with E-state index in [0.717, 1.165) is 41.3 Å². The summed E-state index contributed by atoms with van der Waals surface area (Å²) in [5, 5.41) is 4.15. The number of benzene rings is 2. The molecule has 0 aliphatic heterocycles. The maximum atomic E-state index is 13.2. The van der Waals surface area contributed by atoms with Gasteiger partial charge in [0.05, 0.1) is 15.8 Å². The molecule has 0 heterocycles. The largest absolute Gasteiger partial charge is 0.352 e. The lowest BCUT2D eigenvalue weighted by molar-refractivity contribution is -0.138. The molecule has 1 fully saturated rings. The summed E-state index contributed by atoms with van der Waals surface area (Å²) in [7, 11) is 0. The Morgan fingerprint density at radius 1 is 1.12 bits per heavy atom. The molecule has 2 aromatic carbocycles. The summed E-state index contributed by atoms with van der Waals surface area (Å²) in [4.78, 5) is 27.8. The van der Waals surface area contributed by atoms with E-state index in [4.69, 9.17) is 23.2 Å². The molecule has 0 bridgehead atoms. The molecule has 2 amide bonds. The Labute approximate surface area is 212 Å². The van der Waals surface area contributed by atoms with Crippen LogP contribution in [0.1, 0.15) is 43.7 Å². The highest BCUT2D eigenvalue weighted by Gasteiger charge is 2.28. The number of halogens is 3. The number of amides is 2. The molecule has 3 rings (SSSR count). The minimum absolute atomic E-state index is 0.0656. The van der Waals surface area contributed by atoms with Crippen molar-refractivity contribution < 1.29 is 9.59 Å². The van der Waals surface area contributed by atoms with Crippen LogP contribution in [-0.2, 0) is 21.9 Å². The van der Waals surface area contributed by atoms with E-state index in [2.05, 4.69) is 21.2 Å². The van der Waals surface area contributed by atoms with E-state index in [0.29, 0.717) is 22.3 Å². The highest BCUT2D eigenvalue weighted by Crippen LogP contribution is 2.25. The maximum absolute atomic E-state index is 13.2. The van der Waals surface area contributed by atoms with Gasteiger partial charge in [0.1, 0.15) is 6.04 Å². The van der Waals surface area contributed by atoms with Gasteiger partial charge in [0.25, 0.3) is 0 Å². The van der Waals surface area contributed by atoms with Crippen LogP contribution < -0.4 is 5.32 Å². The van der Waals surface area contributed by atoms with Crippen LogP contribution in [0.25, 0.3) is 0 Å². The Bertz CT molecular complexity index is 953. The van der Waals surface area contributed by atoms with Crippen molar-refractivity contribution in [2.45, 2.75) is 57.0 Å². The molecule has 172 valence electrons. The van der Waals surface area contributed by atoms with Gasteiger partial charge < -0.3 is 10.2 Å². The van der Waals surface area contributed by atoms with Crippen LogP contribution in [-0.4, -0.2) is 34.6 Å². The minimum atomic E-state index is -0.548. The Balaban J connectivity index is 1.66. The fourth-order valence-corrected chi connectivity index (χ4v) is 5.40. The molecule has 4 nitrogen and oxygen atoms in total. The zero-order chi connectivity index (χ0) is 23.1. The van der Waals surface area contributed by atoms with Crippen LogP contribution in [0.15, 0.2) is 46.9 Å². The number of thioether (sulfide) groups is 1. The second kappa shape index (κ2) is 12.3. The lowest BCUT2D eigenvalue weighted by Crippen LogP contribution is -2.50. The van der Waals surface area contributed by atoms with Crippen LogP contribution in [0, 0.1) is 0 Å². The van der Waals surface area contributed by atoms with E-state index in [-0.39, 0.29) is 23.6 Å². The number of hydrogen-bond donors (Lipinski definition) is 1. The van der Waals surface area contributed by atoms with Gasteiger partial charge in [-0.25, -0.2) is 0 Å². The topological polar surface area (TPSA) is 49.4 Å². The third-order valence-electron chi connectivity index (χ3n) is 5.59. The Hall–Kier alpha value is -1.21. The van der Waals surface area contributed by atoms with Crippen molar-refractivity contribution in [1.29, 1.82) is 0 Å². The summed E-state index contributed by atoms with van der Waals surface area (Å²) in [6.45, 7) is 2.19. The van der Waals surface area contributed by atoms with E-state index >= 15 is 0 Å². The molecule has 1 atom stereocenters. The molecule has 8 heteroatoms. The van der Waals surface area contributed by atoms with Gasteiger partial charge in [0.2, 0.25) is 11.8 Å². The van der Waals surface area contributed by atoms with Gasteiger partial charge in [-0.15, -0.1) is 11.8 Å². The van der Waals surface area contributed by atoms with Crippen molar-refractivity contribution in [2.24, 2.45) is 0 Å². The third kappa shape index (κ3) is 7.41. The van der Waals surface area contributed by atoms with Crippen molar-refractivity contribution in [2.75, 3.05) is 5.75 Å². The number of rotatable bonds is 9. The van der Waals surface area contributed by atoms with Gasteiger partial charge >= 0.3 is 0 Å². The highest BCUT2D eigenvalue weighted by molar-refractivity contribution is 9.10. The molecular weight excluding hydrogens is 531 g/mol. The normalized spacial score (nSPS) is 14.9. The molecule has 32 heavy (non-hydrogen) atoms. The predicted molar refractivity (Wildman–Crippen MR) is 137 cm³/mol. The molecule has 0 saturated heterocycles. The van der Waals surface area contributed by atoms with Crippen molar-refractivity contribution in [3.8, 4) is 0 Å². The van der Waals surface area contributed by atoms with E-state index in [1.807, 2.05) is 43.3 Å². The maximum Gasteiger partial charge on any atom is 0.242 e. The number of carbonyl (C=O) groups is 2. The average molecular weight is 558 g/mol. The van der Waals surface area contributed by atoms with Crippen LogP contribution in [0.3, 0.4) is 0 Å². The van der Waals surface area contributed by atoms with Gasteiger partial charge in [-0.3, -0.25) is 9.59 Å². The van der Waals surface area contributed by atoms with Gasteiger partial charge in [0, 0.05) is 22.8 Å². The van der Waals surface area contributed by atoms with Crippen molar-refractivity contribution in [3.05, 3.63) is 68.1 Å². The Morgan fingerprint density at radius 2 is 1.88 bits per heavy atom. The molecule has 0 unspecified atom stereocenters. The first-order valence-electron chi connectivity index (χ1n) is 10.7. The van der Waals surface area contributed by atoms with Crippen LogP contribution in [0.2, 0.25) is 10.0 Å². The molecule has 1 N–H and O–H groups in total. The lowest BCUT2D eigenvalue weighted by Gasteiger charge is -2.29. The molecule has 1 aliphatic carbocycles.